The zero-order valence-electron chi connectivity index (χ0n) is 9.36. The Labute approximate surface area is 95.3 Å². The van der Waals surface area contributed by atoms with Crippen molar-refractivity contribution in [2.45, 2.75) is 38.1 Å². The predicted octanol–water partition coefficient (Wildman–Crippen LogP) is 2.25. The molecule has 0 bridgehead atoms. The van der Waals surface area contributed by atoms with E-state index in [4.69, 9.17) is 12.2 Å². The van der Waals surface area contributed by atoms with Gasteiger partial charge in [0, 0.05) is 20.1 Å². The molecule has 1 aliphatic carbocycles. The van der Waals surface area contributed by atoms with E-state index in [0.29, 0.717) is 10.8 Å². The molecule has 1 heterocycles. The summed E-state index contributed by atoms with van der Waals surface area (Å²) in [5.74, 6) is 0.951. The van der Waals surface area contributed by atoms with Crippen LogP contribution in [-0.4, -0.2) is 27.9 Å². The fourth-order valence-corrected chi connectivity index (χ4v) is 2.41. The van der Waals surface area contributed by atoms with Crippen molar-refractivity contribution in [3.05, 3.63) is 4.77 Å². The van der Waals surface area contributed by atoms with Gasteiger partial charge in [-0.3, -0.25) is 4.57 Å². The minimum absolute atomic E-state index is 0.627. The minimum atomic E-state index is 0.627. The summed E-state index contributed by atoms with van der Waals surface area (Å²) in [7, 11) is 4.07. The van der Waals surface area contributed by atoms with Gasteiger partial charge in [-0.25, -0.2) is 5.10 Å². The van der Waals surface area contributed by atoms with Gasteiger partial charge in [-0.1, -0.05) is 19.3 Å². The van der Waals surface area contributed by atoms with Gasteiger partial charge in [0.1, 0.15) is 0 Å². The highest BCUT2D eigenvalue weighted by Crippen LogP contribution is 2.24. The van der Waals surface area contributed by atoms with Gasteiger partial charge in [0.25, 0.3) is 0 Å². The van der Waals surface area contributed by atoms with Crippen LogP contribution < -0.4 is 4.90 Å². The summed E-state index contributed by atoms with van der Waals surface area (Å²) >= 11 is 5.11. The van der Waals surface area contributed by atoms with Crippen LogP contribution in [0.1, 0.15) is 32.1 Å². The molecule has 0 aliphatic heterocycles. The van der Waals surface area contributed by atoms with E-state index in [9.17, 15) is 0 Å². The number of aromatic amines is 1. The van der Waals surface area contributed by atoms with Gasteiger partial charge in [0.15, 0.2) is 4.77 Å². The average molecular weight is 226 g/mol. The Kier molecular flexibility index (Phi) is 3.09. The Morgan fingerprint density at radius 3 is 2.60 bits per heavy atom. The van der Waals surface area contributed by atoms with E-state index in [-0.39, 0.29) is 0 Å². The molecule has 1 saturated carbocycles. The summed E-state index contributed by atoms with van der Waals surface area (Å²) in [5, 5.41) is 7.09. The van der Waals surface area contributed by atoms with Crippen molar-refractivity contribution in [2.24, 2.45) is 7.05 Å². The molecule has 1 N–H and O–H groups in total. The maximum absolute atomic E-state index is 5.11. The number of anilines is 1. The lowest BCUT2D eigenvalue weighted by Crippen LogP contribution is -2.35. The zero-order chi connectivity index (χ0) is 10.8. The molecule has 0 atom stereocenters. The molecule has 0 radical (unpaired) electrons. The third-order valence-electron chi connectivity index (χ3n) is 3.29. The van der Waals surface area contributed by atoms with E-state index in [1.807, 2.05) is 11.6 Å². The summed E-state index contributed by atoms with van der Waals surface area (Å²) in [5.41, 5.74) is 0. The lowest BCUT2D eigenvalue weighted by Gasteiger charge is -2.31. The number of hydrogen-bond donors (Lipinski definition) is 1. The number of nitrogens with one attached hydrogen (secondary N) is 1. The van der Waals surface area contributed by atoms with Crippen LogP contribution in [0.15, 0.2) is 0 Å². The van der Waals surface area contributed by atoms with Crippen molar-refractivity contribution < 1.29 is 0 Å². The topological polar surface area (TPSA) is 36.9 Å². The van der Waals surface area contributed by atoms with Gasteiger partial charge in [-0.2, -0.15) is 0 Å². The highest BCUT2D eigenvalue weighted by Gasteiger charge is 2.20. The first kappa shape index (κ1) is 10.7. The van der Waals surface area contributed by atoms with Crippen molar-refractivity contribution in [1.29, 1.82) is 0 Å². The SMILES string of the molecule is CN(c1n[nH]c(=S)n1C)C1CCCCC1. The van der Waals surface area contributed by atoms with Crippen LogP contribution in [0.2, 0.25) is 0 Å². The molecular weight excluding hydrogens is 208 g/mol. The molecule has 1 fully saturated rings. The molecule has 84 valence electrons. The average Bonchev–Trinajstić information content (AvgIpc) is 2.60. The predicted molar refractivity (Wildman–Crippen MR) is 63.7 cm³/mol. The Morgan fingerprint density at radius 1 is 1.40 bits per heavy atom. The molecule has 4 nitrogen and oxygen atoms in total. The van der Waals surface area contributed by atoms with Crippen LogP contribution in [-0.2, 0) is 7.05 Å². The van der Waals surface area contributed by atoms with Crippen molar-refractivity contribution in [1.82, 2.24) is 14.8 Å². The number of H-pyrrole nitrogens is 1. The summed E-state index contributed by atoms with van der Waals surface area (Å²) in [6.45, 7) is 0. The first-order valence-corrected chi connectivity index (χ1v) is 5.95. The van der Waals surface area contributed by atoms with Gasteiger partial charge in [0.05, 0.1) is 0 Å². The normalized spacial score (nSPS) is 18.0. The zero-order valence-corrected chi connectivity index (χ0v) is 10.2. The lowest BCUT2D eigenvalue weighted by molar-refractivity contribution is 0.422. The maximum atomic E-state index is 5.11. The summed E-state index contributed by atoms with van der Waals surface area (Å²) in [4.78, 5) is 2.26. The van der Waals surface area contributed by atoms with Gasteiger partial charge >= 0.3 is 0 Å². The molecule has 15 heavy (non-hydrogen) atoms. The van der Waals surface area contributed by atoms with Gasteiger partial charge in [-0.15, -0.1) is 5.10 Å². The summed E-state index contributed by atoms with van der Waals surface area (Å²) in [6.07, 6.45) is 6.60. The molecule has 1 aromatic rings. The van der Waals surface area contributed by atoms with E-state index < -0.39 is 0 Å². The number of nitrogens with zero attached hydrogens (tertiary/aromatic N) is 3. The Morgan fingerprint density at radius 2 is 2.07 bits per heavy atom. The van der Waals surface area contributed by atoms with Crippen LogP contribution in [0.3, 0.4) is 0 Å². The number of aromatic nitrogens is 3. The second-order valence-electron chi connectivity index (χ2n) is 4.29. The third kappa shape index (κ3) is 2.07. The fourth-order valence-electron chi connectivity index (χ4n) is 2.29. The number of rotatable bonds is 2. The first-order chi connectivity index (χ1) is 7.20. The molecule has 1 aliphatic rings. The van der Waals surface area contributed by atoms with Crippen LogP contribution in [0, 0.1) is 4.77 Å². The van der Waals surface area contributed by atoms with E-state index >= 15 is 0 Å². The van der Waals surface area contributed by atoms with Crippen LogP contribution in [0.25, 0.3) is 0 Å². The highest BCUT2D eigenvalue weighted by molar-refractivity contribution is 7.71. The van der Waals surface area contributed by atoms with Gasteiger partial charge < -0.3 is 4.90 Å². The molecule has 1 aromatic heterocycles. The second kappa shape index (κ2) is 4.35. The second-order valence-corrected chi connectivity index (χ2v) is 4.68. The Balaban J connectivity index is 2.15. The van der Waals surface area contributed by atoms with Crippen molar-refractivity contribution in [2.75, 3.05) is 11.9 Å². The monoisotopic (exact) mass is 226 g/mol. The van der Waals surface area contributed by atoms with Crippen molar-refractivity contribution in [3.63, 3.8) is 0 Å². The first-order valence-electron chi connectivity index (χ1n) is 5.54. The van der Waals surface area contributed by atoms with E-state index in [2.05, 4.69) is 22.1 Å². The molecule has 5 heteroatoms. The van der Waals surface area contributed by atoms with Crippen LogP contribution >= 0.6 is 12.2 Å². The van der Waals surface area contributed by atoms with E-state index in [1.54, 1.807) is 0 Å². The third-order valence-corrected chi connectivity index (χ3v) is 3.66. The van der Waals surface area contributed by atoms with Gasteiger partial charge in [0.2, 0.25) is 5.95 Å². The van der Waals surface area contributed by atoms with Crippen molar-refractivity contribution in [3.8, 4) is 0 Å². The quantitative estimate of drug-likeness (QED) is 0.786. The minimum Gasteiger partial charge on any atom is -0.341 e. The molecule has 0 spiro atoms. The molecule has 0 amide bonds. The molecule has 2 rings (SSSR count). The van der Waals surface area contributed by atoms with E-state index in [0.717, 1.165) is 5.95 Å². The molecule has 0 saturated heterocycles. The molecule has 0 aromatic carbocycles. The van der Waals surface area contributed by atoms with Crippen LogP contribution in [0.5, 0.6) is 0 Å². The fraction of sp³-hybridized carbons (Fsp3) is 0.800. The number of hydrogen-bond acceptors (Lipinski definition) is 3. The standard InChI is InChI=1S/C10H18N4S/c1-13(8-6-4-3-5-7-8)9-11-12-10(15)14(9)2/h8H,3-7H2,1-2H3,(H,12,15). The molecular formula is C10H18N4S. The maximum Gasteiger partial charge on any atom is 0.225 e. The van der Waals surface area contributed by atoms with E-state index in [1.165, 1.54) is 32.1 Å². The Hall–Kier alpha value is -0.840. The summed E-state index contributed by atoms with van der Waals surface area (Å²) in [6, 6.07) is 0.627. The smallest absolute Gasteiger partial charge is 0.225 e. The highest BCUT2D eigenvalue weighted by atomic mass is 32.1. The van der Waals surface area contributed by atoms with Crippen LogP contribution in [0.4, 0.5) is 5.95 Å². The Bertz CT molecular complexity index is 375. The lowest BCUT2D eigenvalue weighted by atomic mass is 9.95. The largest absolute Gasteiger partial charge is 0.341 e. The molecule has 0 unspecified atom stereocenters. The summed E-state index contributed by atoms with van der Waals surface area (Å²) < 4.78 is 2.62. The van der Waals surface area contributed by atoms with Gasteiger partial charge in [-0.05, 0) is 25.1 Å². The van der Waals surface area contributed by atoms with Crippen molar-refractivity contribution >= 4 is 18.2 Å².